The summed E-state index contributed by atoms with van der Waals surface area (Å²) < 4.78 is 5.04. The predicted molar refractivity (Wildman–Crippen MR) is 93.5 cm³/mol. The molecule has 0 bridgehead atoms. The number of rotatable bonds is 6. The van der Waals surface area contributed by atoms with Crippen molar-refractivity contribution in [3.05, 3.63) is 53.7 Å². The summed E-state index contributed by atoms with van der Waals surface area (Å²) in [4.78, 5) is 39.0. The van der Waals surface area contributed by atoms with Crippen LogP contribution in [0.4, 0.5) is 11.5 Å². The van der Waals surface area contributed by atoms with Crippen LogP contribution < -0.4 is 10.6 Å². The number of hydrogen-bond donors (Lipinski definition) is 2. The molecule has 0 aliphatic heterocycles. The summed E-state index contributed by atoms with van der Waals surface area (Å²) in [5.41, 5.74) is 1.31. The first kappa shape index (κ1) is 18.1. The van der Waals surface area contributed by atoms with Crippen LogP contribution in [0, 0.1) is 0 Å². The Morgan fingerprint density at radius 2 is 1.76 bits per heavy atom. The molecule has 2 rings (SSSR count). The van der Waals surface area contributed by atoms with E-state index in [0.29, 0.717) is 29.2 Å². The molecule has 2 aromatic rings. The van der Waals surface area contributed by atoms with Gasteiger partial charge in [0, 0.05) is 24.4 Å². The minimum atomic E-state index is -0.395. The number of hydrogen-bond acceptors (Lipinski definition) is 5. The second kappa shape index (κ2) is 8.58. The number of nitrogens with one attached hydrogen (secondary N) is 2. The topological polar surface area (TPSA) is 97.4 Å². The molecule has 2 N–H and O–H groups in total. The predicted octanol–water partition coefficient (Wildman–Crippen LogP) is 2.86. The number of esters is 1. The first-order chi connectivity index (χ1) is 12.0. The lowest BCUT2D eigenvalue weighted by Gasteiger charge is -2.08. The van der Waals surface area contributed by atoms with E-state index in [9.17, 15) is 14.4 Å². The highest BCUT2D eigenvalue weighted by Crippen LogP contribution is 2.14. The van der Waals surface area contributed by atoms with Crippen molar-refractivity contribution < 1.29 is 19.1 Å². The number of carbonyl (C=O) groups is 3. The molecular weight excluding hydrogens is 322 g/mol. The average molecular weight is 341 g/mol. The highest BCUT2D eigenvalue weighted by molar-refractivity contribution is 6.05. The number of ether oxygens (including phenoxy) is 1. The lowest BCUT2D eigenvalue weighted by molar-refractivity contribution is -0.114. The number of carbonyl (C=O) groups excluding carboxylic acids is 3. The zero-order valence-electron chi connectivity index (χ0n) is 14.0. The lowest BCUT2D eigenvalue weighted by atomic mass is 10.2. The molecule has 0 atom stereocenters. The summed E-state index contributed by atoms with van der Waals surface area (Å²) in [6.07, 6.45) is 2.19. The number of aromatic nitrogens is 1. The van der Waals surface area contributed by atoms with E-state index in [0.717, 1.165) is 6.42 Å². The third-order valence-electron chi connectivity index (χ3n) is 3.14. The fraction of sp³-hybridized carbons (Fsp3) is 0.222. The average Bonchev–Trinajstić information content (AvgIpc) is 2.60. The van der Waals surface area contributed by atoms with Gasteiger partial charge in [0.05, 0.1) is 12.2 Å². The molecule has 1 aromatic carbocycles. The van der Waals surface area contributed by atoms with Gasteiger partial charge in [0.25, 0.3) is 5.91 Å². The third-order valence-corrected chi connectivity index (χ3v) is 3.14. The highest BCUT2D eigenvalue weighted by atomic mass is 16.5. The number of nitrogens with zero attached hydrogens (tertiary/aromatic N) is 1. The molecule has 0 saturated carbocycles. The van der Waals surface area contributed by atoms with Crippen LogP contribution in [-0.4, -0.2) is 29.4 Å². The zero-order chi connectivity index (χ0) is 18.2. The van der Waals surface area contributed by atoms with Crippen LogP contribution in [0.1, 0.15) is 41.0 Å². The van der Waals surface area contributed by atoms with E-state index < -0.39 is 5.97 Å². The molecule has 0 aliphatic rings. The molecule has 1 aromatic heterocycles. The van der Waals surface area contributed by atoms with Crippen molar-refractivity contribution in [3.8, 4) is 0 Å². The van der Waals surface area contributed by atoms with E-state index in [2.05, 4.69) is 15.6 Å². The summed E-state index contributed by atoms with van der Waals surface area (Å²) in [7, 11) is 0. The van der Waals surface area contributed by atoms with Crippen LogP contribution in [0.25, 0.3) is 0 Å². The molecular formula is C18H19N3O4. The first-order valence-corrected chi connectivity index (χ1v) is 7.81. The maximum Gasteiger partial charge on any atom is 0.338 e. The van der Waals surface area contributed by atoms with Gasteiger partial charge in [-0.15, -0.1) is 0 Å². The van der Waals surface area contributed by atoms with Crippen molar-refractivity contribution in [2.24, 2.45) is 0 Å². The van der Waals surface area contributed by atoms with E-state index in [1.54, 1.807) is 24.3 Å². The largest absolute Gasteiger partial charge is 0.462 e. The molecule has 2 amide bonds. The number of pyridine rings is 1. The Bertz CT molecular complexity index is 772. The Morgan fingerprint density at radius 1 is 1.04 bits per heavy atom. The van der Waals surface area contributed by atoms with E-state index >= 15 is 0 Å². The van der Waals surface area contributed by atoms with Crippen molar-refractivity contribution in [2.45, 2.75) is 20.3 Å². The minimum absolute atomic E-state index is 0.268. The molecule has 25 heavy (non-hydrogen) atoms. The van der Waals surface area contributed by atoms with Crippen LogP contribution in [0.2, 0.25) is 0 Å². The Balaban J connectivity index is 2.03. The van der Waals surface area contributed by atoms with Crippen LogP contribution in [0.3, 0.4) is 0 Å². The molecule has 0 fully saturated rings. The summed E-state index contributed by atoms with van der Waals surface area (Å²) in [5, 5.41) is 5.24. The molecule has 0 unspecified atom stereocenters. The first-order valence-electron chi connectivity index (χ1n) is 7.81. The van der Waals surface area contributed by atoms with Crippen molar-refractivity contribution >= 4 is 29.3 Å². The quantitative estimate of drug-likeness (QED) is 0.787. The summed E-state index contributed by atoms with van der Waals surface area (Å²) in [6, 6.07) is 9.43. The van der Waals surface area contributed by atoms with Crippen molar-refractivity contribution in [3.63, 3.8) is 0 Å². The van der Waals surface area contributed by atoms with Gasteiger partial charge < -0.3 is 15.4 Å². The van der Waals surface area contributed by atoms with Crippen LogP contribution >= 0.6 is 0 Å². The van der Waals surface area contributed by atoms with Crippen LogP contribution in [0.5, 0.6) is 0 Å². The number of benzene rings is 1. The smallest absolute Gasteiger partial charge is 0.338 e. The van der Waals surface area contributed by atoms with Gasteiger partial charge in [-0.1, -0.05) is 6.92 Å². The summed E-state index contributed by atoms with van der Waals surface area (Å²) >= 11 is 0. The fourth-order valence-electron chi connectivity index (χ4n) is 1.99. The Morgan fingerprint density at radius 3 is 2.40 bits per heavy atom. The normalized spacial score (nSPS) is 10.0. The zero-order valence-corrected chi connectivity index (χ0v) is 14.0. The molecule has 0 aliphatic carbocycles. The Kier molecular flexibility index (Phi) is 6.22. The van der Waals surface area contributed by atoms with Crippen LogP contribution in [0.15, 0.2) is 42.6 Å². The van der Waals surface area contributed by atoms with Gasteiger partial charge in [-0.3, -0.25) is 9.59 Å². The van der Waals surface area contributed by atoms with Gasteiger partial charge in [0.2, 0.25) is 5.91 Å². The van der Waals surface area contributed by atoms with Gasteiger partial charge in [-0.2, -0.15) is 0 Å². The van der Waals surface area contributed by atoms with Crippen molar-refractivity contribution in [2.75, 3.05) is 17.2 Å². The molecule has 0 radical (unpaired) electrons. The molecule has 0 spiro atoms. The summed E-state index contributed by atoms with van der Waals surface area (Å²) in [5.74, 6) is -0.714. The molecule has 0 saturated heterocycles. The second-order valence-corrected chi connectivity index (χ2v) is 5.28. The van der Waals surface area contributed by atoms with Gasteiger partial charge in [0.15, 0.2) is 0 Å². The van der Waals surface area contributed by atoms with Gasteiger partial charge in [-0.05, 0) is 42.8 Å². The highest BCUT2D eigenvalue weighted by Gasteiger charge is 2.10. The number of amides is 2. The monoisotopic (exact) mass is 341 g/mol. The fourth-order valence-corrected chi connectivity index (χ4v) is 1.99. The molecule has 1 heterocycles. The van der Waals surface area contributed by atoms with E-state index in [-0.39, 0.29) is 11.8 Å². The number of anilines is 2. The molecule has 7 nitrogen and oxygen atoms in total. The van der Waals surface area contributed by atoms with Crippen molar-refractivity contribution in [1.29, 1.82) is 0 Å². The Hall–Kier alpha value is -3.22. The maximum atomic E-state index is 12.3. The van der Waals surface area contributed by atoms with Gasteiger partial charge >= 0.3 is 5.97 Å². The summed E-state index contributed by atoms with van der Waals surface area (Å²) in [6.45, 7) is 3.65. The molecule has 7 heteroatoms. The van der Waals surface area contributed by atoms with E-state index in [1.807, 2.05) is 6.92 Å². The second-order valence-electron chi connectivity index (χ2n) is 5.28. The van der Waals surface area contributed by atoms with E-state index in [1.165, 1.54) is 25.3 Å². The van der Waals surface area contributed by atoms with Gasteiger partial charge in [0.1, 0.15) is 5.82 Å². The molecule has 130 valence electrons. The lowest BCUT2D eigenvalue weighted by Crippen LogP contribution is -2.14. The van der Waals surface area contributed by atoms with Gasteiger partial charge in [-0.25, -0.2) is 9.78 Å². The minimum Gasteiger partial charge on any atom is -0.462 e. The van der Waals surface area contributed by atoms with Crippen LogP contribution in [-0.2, 0) is 9.53 Å². The van der Waals surface area contributed by atoms with Crippen molar-refractivity contribution in [1.82, 2.24) is 4.98 Å². The SMILES string of the molecule is CCCOC(=O)c1ccc(NC(=O)c2ccnc(NC(C)=O)c2)cc1. The van der Waals surface area contributed by atoms with E-state index in [4.69, 9.17) is 4.74 Å². The Labute approximate surface area is 145 Å². The maximum absolute atomic E-state index is 12.3. The third kappa shape index (κ3) is 5.42. The standard InChI is InChI=1S/C18H19N3O4/c1-3-10-25-18(24)13-4-6-15(7-5-13)21-17(23)14-8-9-19-16(11-14)20-12(2)22/h4-9,11H,3,10H2,1-2H3,(H,21,23)(H,19,20,22).